The van der Waals surface area contributed by atoms with Gasteiger partial charge in [0, 0.05) is 0 Å². The molecule has 16 heavy (non-hydrogen) atoms. The molecule has 2 rings (SSSR count). The van der Waals surface area contributed by atoms with E-state index in [4.69, 9.17) is 4.74 Å². The Bertz CT molecular complexity index is 374. The van der Waals surface area contributed by atoms with Crippen molar-refractivity contribution >= 4 is 17.3 Å². The molecule has 1 aliphatic rings. The number of carbonyl (C=O) groups is 1. The molecule has 1 atom stereocenters. The lowest BCUT2D eigenvalue weighted by atomic mass is 10.2. The molecule has 1 aromatic rings. The summed E-state index contributed by atoms with van der Waals surface area (Å²) in [6.45, 7) is 2.80. The summed E-state index contributed by atoms with van der Waals surface area (Å²) in [4.78, 5) is 16.8. The molecule has 1 saturated carbocycles. The maximum atomic E-state index is 11.7. The predicted octanol–water partition coefficient (Wildman–Crippen LogP) is 1.67. The Morgan fingerprint density at radius 3 is 3.00 bits per heavy atom. The van der Waals surface area contributed by atoms with E-state index >= 15 is 0 Å². The van der Waals surface area contributed by atoms with Crippen molar-refractivity contribution < 1.29 is 9.53 Å². The standard InChI is InChI=1S/C11H16N2O2S/c1-7-10(16-6-13-7)9(11(14)15-2)12-5-8-3-4-8/h6,8-9,12H,3-5H2,1-2H3. The van der Waals surface area contributed by atoms with E-state index in [9.17, 15) is 4.79 Å². The number of hydrogen-bond acceptors (Lipinski definition) is 5. The van der Waals surface area contributed by atoms with Crippen LogP contribution in [0, 0.1) is 12.8 Å². The minimum Gasteiger partial charge on any atom is -0.468 e. The number of carbonyl (C=O) groups excluding carboxylic acids is 1. The molecular weight excluding hydrogens is 224 g/mol. The number of nitrogens with one attached hydrogen (secondary N) is 1. The second-order valence-electron chi connectivity index (χ2n) is 4.11. The topological polar surface area (TPSA) is 51.2 Å². The van der Waals surface area contributed by atoms with Gasteiger partial charge >= 0.3 is 5.97 Å². The molecule has 0 amide bonds. The Labute approximate surface area is 99.0 Å². The van der Waals surface area contributed by atoms with Crippen molar-refractivity contribution in [2.75, 3.05) is 13.7 Å². The fraction of sp³-hybridized carbons (Fsp3) is 0.636. The van der Waals surface area contributed by atoms with Crippen molar-refractivity contribution in [1.29, 1.82) is 0 Å². The SMILES string of the molecule is COC(=O)C(NCC1CC1)c1scnc1C. The van der Waals surface area contributed by atoms with Crippen LogP contribution in [0.3, 0.4) is 0 Å². The van der Waals surface area contributed by atoms with Crippen molar-refractivity contribution in [2.45, 2.75) is 25.8 Å². The molecule has 0 spiro atoms. The molecular formula is C11H16N2O2S. The van der Waals surface area contributed by atoms with Gasteiger partial charge < -0.3 is 4.74 Å². The van der Waals surface area contributed by atoms with Crippen molar-refractivity contribution in [1.82, 2.24) is 10.3 Å². The normalized spacial score (nSPS) is 17.1. The van der Waals surface area contributed by atoms with Crippen LogP contribution in [0.15, 0.2) is 5.51 Å². The van der Waals surface area contributed by atoms with Gasteiger partial charge in [-0.2, -0.15) is 0 Å². The van der Waals surface area contributed by atoms with Crippen LogP contribution in [0.25, 0.3) is 0 Å². The van der Waals surface area contributed by atoms with Crippen molar-refractivity contribution in [2.24, 2.45) is 5.92 Å². The number of ether oxygens (including phenoxy) is 1. The summed E-state index contributed by atoms with van der Waals surface area (Å²) >= 11 is 1.50. The van der Waals surface area contributed by atoms with E-state index in [0.717, 1.165) is 23.0 Å². The van der Waals surface area contributed by atoms with Gasteiger partial charge in [0.25, 0.3) is 0 Å². The van der Waals surface area contributed by atoms with Crippen LogP contribution in [0.4, 0.5) is 0 Å². The molecule has 0 radical (unpaired) electrons. The predicted molar refractivity (Wildman–Crippen MR) is 62.3 cm³/mol. The van der Waals surface area contributed by atoms with Gasteiger partial charge in [-0.25, -0.2) is 9.78 Å². The molecule has 1 aliphatic carbocycles. The number of aryl methyl sites for hydroxylation is 1. The monoisotopic (exact) mass is 240 g/mol. The number of esters is 1. The summed E-state index contributed by atoms with van der Waals surface area (Å²) in [6.07, 6.45) is 2.53. The summed E-state index contributed by atoms with van der Waals surface area (Å²) in [5.74, 6) is 0.508. The summed E-state index contributed by atoms with van der Waals surface area (Å²) in [6, 6.07) is -0.349. The first-order valence-electron chi connectivity index (χ1n) is 5.43. The maximum Gasteiger partial charge on any atom is 0.328 e. The highest BCUT2D eigenvalue weighted by atomic mass is 32.1. The first-order chi connectivity index (χ1) is 7.72. The number of methoxy groups -OCH3 is 1. The second kappa shape index (κ2) is 4.93. The van der Waals surface area contributed by atoms with Gasteiger partial charge in [-0.05, 0) is 32.2 Å². The Morgan fingerprint density at radius 1 is 1.75 bits per heavy atom. The van der Waals surface area contributed by atoms with E-state index in [1.807, 2.05) is 6.92 Å². The van der Waals surface area contributed by atoms with Crippen molar-refractivity contribution in [3.63, 3.8) is 0 Å². The van der Waals surface area contributed by atoms with Crippen molar-refractivity contribution in [3.8, 4) is 0 Å². The average molecular weight is 240 g/mol. The average Bonchev–Trinajstić information content (AvgIpc) is 3.02. The largest absolute Gasteiger partial charge is 0.468 e. The molecule has 0 saturated heterocycles. The molecule has 1 unspecified atom stereocenters. The van der Waals surface area contributed by atoms with Gasteiger partial charge in [-0.15, -0.1) is 11.3 Å². The zero-order chi connectivity index (χ0) is 11.5. The number of rotatable bonds is 5. The number of aromatic nitrogens is 1. The third-order valence-corrected chi connectivity index (χ3v) is 3.79. The number of thiazole rings is 1. The highest BCUT2D eigenvalue weighted by Crippen LogP contribution is 2.29. The van der Waals surface area contributed by atoms with Crippen LogP contribution in [-0.4, -0.2) is 24.6 Å². The number of hydrogen-bond donors (Lipinski definition) is 1. The smallest absolute Gasteiger partial charge is 0.328 e. The lowest BCUT2D eigenvalue weighted by molar-refractivity contribution is -0.143. The summed E-state index contributed by atoms with van der Waals surface area (Å²) in [7, 11) is 1.42. The zero-order valence-electron chi connectivity index (χ0n) is 9.53. The Kier molecular flexibility index (Phi) is 3.56. The van der Waals surface area contributed by atoms with Crippen LogP contribution in [0.2, 0.25) is 0 Å². The van der Waals surface area contributed by atoms with Crippen LogP contribution >= 0.6 is 11.3 Å². The third-order valence-electron chi connectivity index (χ3n) is 2.79. The molecule has 1 N–H and O–H groups in total. The Morgan fingerprint density at radius 2 is 2.50 bits per heavy atom. The van der Waals surface area contributed by atoms with Gasteiger partial charge in [0.1, 0.15) is 6.04 Å². The minimum absolute atomic E-state index is 0.229. The summed E-state index contributed by atoms with van der Waals surface area (Å²) in [5, 5.41) is 3.27. The van der Waals surface area contributed by atoms with E-state index < -0.39 is 0 Å². The summed E-state index contributed by atoms with van der Waals surface area (Å²) < 4.78 is 4.82. The molecule has 0 aliphatic heterocycles. The van der Waals surface area contributed by atoms with E-state index in [1.54, 1.807) is 5.51 Å². The van der Waals surface area contributed by atoms with E-state index in [-0.39, 0.29) is 12.0 Å². The molecule has 1 fully saturated rings. The van der Waals surface area contributed by atoms with Gasteiger partial charge in [-0.1, -0.05) is 0 Å². The molecule has 0 bridgehead atoms. The molecule has 1 heterocycles. The lowest BCUT2D eigenvalue weighted by Gasteiger charge is -2.15. The number of nitrogens with zero attached hydrogens (tertiary/aromatic N) is 1. The van der Waals surface area contributed by atoms with E-state index in [0.29, 0.717) is 0 Å². The van der Waals surface area contributed by atoms with Crippen LogP contribution in [0.5, 0.6) is 0 Å². The Balaban J connectivity index is 2.06. The van der Waals surface area contributed by atoms with Crippen LogP contribution < -0.4 is 5.32 Å². The molecule has 5 heteroatoms. The van der Waals surface area contributed by atoms with E-state index in [2.05, 4.69) is 10.3 Å². The molecule has 4 nitrogen and oxygen atoms in total. The molecule has 1 aromatic heterocycles. The van der Waals surface area contributed by atoms with Crippen molar-refractivity contribution in [3.05, 3.63) is 16.1 Å². The minimum atomic E-state index is -0.349. The zero-order valence-corrected chi connectivity index (χ0v) is 10.3. The van der Waals surface area contributed by atoms with Gasteiger partial charge in [0.2, 0.25) is 0 Å². The van der Waals surface area contributed by atoms with Crippen LogP contribution in [-0.2, 0) is 9.53 Å². The Hall–Kier alpha value is -0.940. The fourth-order valence-corrected chi connectivity index (χ4v) is 2.46. The highest BCUT2D eigenvalue weighted by molar-refractivity contribution is 7.10. The first kappa shape index (κ1) is 11.5. The molecule has 88 valence electrons. The second-order valence-corrected chi connectivity index (χ2v) is 5.00. The van der Waals surface area contributed by atoms with Gasteiger partial charge in [0.05, 0.1) is 23.2 Å². The maximum absolute atomic E-state index is 11.7. The first-order valence-corrected chi connectivity index (χ1v) is 6.31. The fourth-order valence-electron chi connectivity index (χ4n) is 1.60. The van der Waals surface area contributed by atoms with Gasteiger partial charge in [-0.3, -0.25) is 5.32 Å². The lowest BCUT2D eigenvalue weighted by Crippen LogP contribution is -2.31. The summed E-state index contributed by atoms with van der Waals surface area (Å²) in [5.41, 5.74) is 2.67. The van der Waals surface area contributed by atoms with Crippen LogP contribution in [0.1, 0.15) is 29.5 Å². The third kappa shape index (κ3) is 2.59. The van der Waals surface area contributed by atoms with E-state index in [1.165, 1.54) is 31.3 Å². The van der Waals surface area contributed by atoms with Gasteiger partial charge in [0.15, 0.2) is 0 Å². The highest BCUT2D eigenvalue weighted by Gasteiger charge is 2.28. The quantitative estimate of drug-likeness (QED) is 0.795. The molecule has 0 aromatic carbocycles.